The van der Waals surface area contributed by atoms with Gasteiger partial charge < -0.3 is 9.84 Å². The minimum absolute atomic E-state index is 0.0156. The Morgan fingerprint density at radius 3 is 2.59 bits per heavy atom. The van der Waals surface area contributed by atoms with E-state index in [0.717, 1.165) is 0 Å². The van der Waals surface area contributed by atoms with Crippen LogP contribution in [0.1, 0.15) is 38.2 Å². The second-order valence-corrected chi connectivity index (χ2v) is 8.76. The number of nitrogens with zero attached hydrogens (tertiary/aromatic N) is 1. The van der Waals surface area contributed by atoms with Crippen molar-refractivity contribution in [1.82, 2.24) is 4.98 Å². The number of anilines is 1. The van der Waals surface area contributed by atoms with Gasteiger partial charge in [0.05, 0.1) is 12.1 Å². The van der Waals surface area contributed by atoms with E-state index >= 15 is 0 Å². The fourth-order valence-corrected chi connectivity index (χ4v) is 4.63. The molecule has 0 aliphatic heterocycles. The molecule has 0 unspecified atom stereocenters. The van der Waals surface area contributed by atoms with E-state index in [1.54, 1.807) is 38.1 Å². The van der Waals surface area contributed by atoms with Crippen LogP contribution in [-0.2, 0) is 24.3 Å². The van der Waals surface area contributed by atoms with E-state index < -0.39 is 27.7 Å². The van der Waals surface area contributed by atoms with Crippen molar-refractivity contribution in [3.63, 3.8) is 0 Å². The van der Waals surface area contributed by atoms with Crippen LogP contribution in [0.25, 0.3) is 10.9 Å². The average molecular weight is 457 g/mol. The molecule has 1 heterocycles. The lowest BCUT2D eigenvalue weighted by Gasteiger charge is -2.17. The molecular formula is C23H24N2O6S. The molecule has 3 rings (SSSR count). The number of Topliss-reactive ketones (excluding diaryl/α,β-unsaturated/α-hetero) is 1. The van der Waals surface area contributed by atoms with Crippen molar-refractivity contribution >= 4 is 38.4 Å². The molecule has 0 aliphatic rings. The van der Waals surface area contributed by atoms with Crippen molar-refractivity contribution < 1.29 is 27.9 Å². The minimum Gasteiger partial charge on any atom is -0.508 e. The predicted octanol–water partition coefficient (Wildman–Crippen LogP) is 3.76. The zero-order chi connectivity index (χ0) is 23.3. The molecule has 0 spiro atoms. The third kappa shape index (κ3) is 4.88. The number of para-hydroxylation sites is 1. The lowest BCUT2D eigenvalue weighted by atomic mass is 9.91. The highest BCUT2D eigenvalue weighted by molar-refractivity contribution is 7.93. The number of pyridine rings is 1. The van der Waals surface area contributed by atoms with Crippen molar-refractivity contribution in [2.24, 2.45) is 0 Å². The maximum atomic E-state index is 13.1. The quantitative estimate of drug-likeness (QED) is 0.285. The van der Waals surface area contributed by atoms with E-state index in [9.17, 15) is 23.1 Å². The first-order valence-electron chi connectivity index (χ1n) is 10.2. The SMILES string of the molecule is CCCC(=O)[C@@H](C(=O)OCC)c1cc(NS(=O)(=O)c2cccc3cccnc23)ccc1O. The molecule has 0 bridgehead atoms. The van der Waals surface area contributed by atoms with Gasteiger partial charge in [-0.15, -0.1) is 0 Å². The minimum atomic E-state index is -4.05. The van der Waals surface area contributed by atoms with Crippen LogP contribution < -0.4 is 4.72 Å². The number of hydrogen-bond donors (Lipinski definition) is 2. The molecular weight excluding hydrogens is 432 g/mol. The summed E-state index contributed by atoms with van der Waals surface area (Å²) in [7, 11) is -4.05. The molecule has 9 heteroatoms. The fraction of sp³-hybridized carbons (Fsp3) is 0.261. The Hall–Kier alpha value is -3.46. The summed E-state index contributed by atoms with van der Waals surface area (Å²) < 4.78 is 33.6. The second-order valence-electron chi connectivity index (χ2n) is 7.11. The summed E-state index contributed by atoms with van der Waals surface area (Å²) in [5, 5.41) is 11.0. The number of sulfonamides is 1. The molecule has 32 heavy (non-hydrogen) atoms. The lowest BCUT2D eigenvalue weighted by Crippen LogP contribution is -2.24. The van der Waals surface area contributed by atoms with Crippen LogP contribution in [0.3, 0.4) is 0 Å². The number of ether oxygens (including phenoxy) is 1. The lowest BCUT2D eigenvalue weighted by molar-refractivity contribution is -0.148. The summed E-state index contributed by atoms with van der Waals surface area (Å²) in [6.07, 6.45) is 2.12. The maximum Gasteiger partial charge on any atom is 0.321 e. The summed E-state index contributed by atoms with van der Waals surface area (Å²) in [5.41, 5.74) is 0.381. The van der Waals surface area contributed by atoms with Crippen molar-refractivity contribution in [1.29, 1.82) is 0 Å². The molecule has 3 aromatic rings. The van der Waals surface area contributed by atoms with E-state index in [2.05, 4.69) is 9.71 Å². The van der Waals surface area contributed by atoms with Gasteiger partial charge in [-0.1, -0.05) is 25.1 Å². The summed E-state index contributed by atoms with van der Waals surface area (Å²) in [5.74, 6) is -2.86. The molecule has 0 amide bonds. The van der Waals surface area contributed by atoms with E-state index in [1.807, 2.05) is 0 Å². The van der Waals surface area contributed by atoms with Gasteiger partial charge in [-0.3, -0.25) is 19.3 Å². The second kappa shape index (κ2) is 9.78. The number of phenolic OH excluding ortho intramolecular Hbond substituents is 1. The van der Waals surface area contributed by atoms with Crippen LogP contribution >= 0.6 is 0 Å². The molecule has 0 fully saturated rings. The van der Waals surface area contributed by atoms with Gasteiger partial charge in [0.2, 0.25) is 0 Å². The monoisotopic (exact) mass is 456 g/mol. The van der Waals surface area contributed by atoms with Gasteiger partial charge in [0, 0.05) is 29.3 Å². The first-order valence-corrected chi connectivity index (χ1v) is 11.7. The van der Waals surface area contributed by atoms with Crippen LogP contribution in [0.2, 0.25) is 0 Å². The Morgan fingerprint density at radius 2 is 1.88 bits per heavy atom. The topological polar surface area (TPSA) is 123 Å². The van der Waals surface area contributed by atoms with Crippen LogP contribution in [0.4, 0.5) is 5.69 Å². The molecule has 168 valence electrons. The first kappa shape index (κ1) is 23.2. The molecule has 1 atom stereocenters. The molecule has 1 aromatic heterocycles. The predicted molar refractivity (Wildman–Crippen MR) is 120 cm³/mol. The summed E-state index contributed by atoms with van der Waals surface area (Å²) in [4.78, 5) is 29.2. The number of phenols is 1. The van der Waals surface area contributed by atoms with Gasteiger partial charge in [0.25, 0.3) is 10.0 Å². The maximum absolute atomic E-state index is 13.1. The van der Waals surface area contributed by atoms with Crippen LogP contribution in [-0.4, -0.2) is 36.9 Å². The Bertz CT molecular complexity index is 1230. The zero-order valence-electron chi connectivity index (χ0n) is 17.7. The molecule has 0 saturated carbocycles. The first-order chi connectivity index (χ1) is 15.3. The van der Waals surface area contributed by atoms with E-state index in [4.69, 9.17) is 4.74 Å². The summed E-state index contributed by atoms with van der Waals surface area (Å²) >= 11 is 0. The molecule has 2 aromatic carbocycles. The third-order valence-corrected chi connectivity index (χ3v) is 6.23. The Balaban J connectivity index is 2.02. The van der Waals surface area contributed by atoms with Crippen molar-refractivity contribution in [3.8, 4) is 5.75 Å². The van der Waals surface area contributed by atoms with Crippen LogP contribution in [0.15, 0.2) is 59.6 Å². The highest BCUT2D eigenvalue weighted by Crippen LogP contribution is 2.33. The number of aromatic nitrogens is 1. The van der Waals surface area contributed by atoms with Gasteiger partial charge in [-0.05, 0) is 43.7 Å². The Morgan fingerprint density at radius 1 is 1.12 bits per heavy atom. The summed E-state index contributed by atoms with van der Waals surface area (Å²) in [6, 6.07) is 12.1. The largest absolute Gasteiger partial charge is 0.508 e. The van der Waals surface area contributed by atoms with Gasteiger partial charge in [-0.25, -0.2) is 8.42 Å². The van der Waals surface area contributed by atoms with Gasteiger partial charge in [0.15, 0.2) is 5.78 Å². The molecule has 0 saturated heterocycles. The number of hydrogen-bond acceptors (Lipinski definition) is 7. The number of rotatable bonds is 9. The number of ketones is 1. The number of aromatic hydroxyl groups is 1. The smallest absolute Gasteiger partial charge is 0.321 e. The number of fused-ring (bicyclic) bond motifs is 1. The van der Waals surface area contributed by atoms with Crippen LogP contribution in [0, 0.1) is 0 Å². The number of esters is 1. The standard InChI is InChI=1S/C23H24N2O6S/c1-3-7-19(27)21(23(28)31-4-2)17-14-16(11-12-18(17)26)25-32(29,30)20-10-5-8-15-9-6-13-24-22(15)20/h5-6,8-14,21,25-26H,3-4,7H2,1-2H3/t21-/m0/s1. The molecule has 8 nitrogen and oxygen atoms in total. The highest BCUT2D eigenvalue weighted by atomic mass is 32.2. The number of carbonyl (C=O) groups excluding carboxylic acids is 2. The van der Waals surface area contributed by atoms with E-state index in [0.29, 0.717) is 17.3 Å². The van der Waals surface area contributed by atoms with Gasteiger partial charge >= 0.3 is 5.97 Å². The Labute approximate surface area is 186 Å². The van der Waals surface area contributed by atoms with Crippen molar-refractivity contribution in [3.05, 3.63) is 60.3 Å². The number of carbonyl (C=O) groups is 2. The van der Waals surface area contributed by atoms with Crippen LogP contribution in [0.5, 0.6) is 5.75 Å². The van der Waals surface area contributed by atoms with Gasteiger partial charge in [-0.2, -0.15) is 0 Å². The van der Waals surface area contributed by atoms with Crippen molar-refractivity contribution in [2.75, 3.05) is 11.3 Å². The Kier molecular flexibility index (Phi) is 7.09. The summed E-state index contributed by atoms with van der Waals surface area (Å²) in [6.45, 7) is 3.47. The third-order valence-electron chi connectivity index (χ3n) is 4.82. The molecule has 0 radical (unpaired) electrons. The van der Waals surface area contributed by atoms with E-state index in [-0.39, 0.29) is 34.9 Å². The number of nitrogens with one attached hydrogen (secondary N) is 1. The number of benzene rings is 2. The average Bonchev–Trinajstić information content (AvgIpc) is 2.76. The molecule has 2 N–H and O–H groups in total. The fourth-order valence-electron chi connectivity index (χ4n) is 3.40. The normalized spacial score (nSPS) is 12.3. The van der Waals surface area contributed by atoms with E-state index in [1.165, 1.54) is 30.5 Å². The van der Waals surface area contributed by atoms with Gasteiger partial charge in [0.1, 0.15) is 16.6 Å². The van der Waals surface area contributed by atoms with Crippen molar-refractivity contribution in [2.45, 2.75) is 37.5 Å². The molecule has 0 aliphatic carbocycles. The highest BCUT2D eigenvalue weighted by Gasteiger charge is 2.32. The zero-order valence-corrected chi connectivity index (χ0v) is 18.6.